The number of benzene rings is 2. The van der Waals surface area contributed by atoms with Gasteiger partial charge in [0, 0.05) is 15.3 Å². The van der Waals surface area contributed by atoms with Crippen molar-refractivity contribution in [3.63, 3.8) is 0 Å². The second-order valence-electron chi connectivity index (χ2n) is 7.10. The first-order valence-corrected chi connectivity index (χ1v) is 9.80. The lowest BCUT2D eigenvalue weighted by Crippen LogP contribution is -2.40. The van der Waals surface area contributed by atoms with E-state index in [0.29, 0.717) is 5.92 Å². The van der Waals surface area contributed by atoms with E-state index in [9.17, 15) is 5.11 Å². The molecule has 2 aromatic carbocycles. The predicted octanol–water partition coefficient (Wildman–Crippen LogP) is 5.59. The van der Waals surface area contributed by atoms with E-state index in [1.807, 2.05) is 53.8 Å². The van der Waals surface area contributed by atoms with Crippen molar-refractivity contribution in [3.8, 4) is 21.9 Å². The second kappa shape index (κ2) is 8.44. The number of aliphatic hydroxyl groups is 1. The summed E-state index contributed by atoms with van der Waals surface area (Å²) in [5, 5.41) is 9.47. The molecule has 0 amide bonds. The molecule has 5 heteroatoms. The zero-order valence-corrected chi connectivity index (χ0v) is 16.6. The van der Waals surface area contributed by atoms with E-state index >= 15 is 0 Å². The lowest BCUT2D eigenvalue weighted by Gasteiger charge is -2.20. The van der Waals surface area contributed by atoms with Gasteiger partial charge in [-0.25, -0.2) is 0 Å². The molecule has 3 nitrogen and oxygen atoms in total. The highest BCUT2D eigenvalue weighted by Crippen LogP contribution is 2.43. The second-order valence-corrected chi connectivity index (χ2v) is 8.22. The van der Waals surface area contributed by atoms with Crippen molar-refractivity contribution in [2.45, 2.75) is 30.7 Å². The van der Waals surface area contributed by atoms with Crippen molar-refractivity contribution >= 4 is 23.7 Å². The first kappa shape index (κ1) is 19.9. The number of thiophene rings is 1. The molecule has 2 atom stereocenters. The third-order valence-corrected chi connectivity index (χ3v) is 6.40. The minimum atomic E-state index is -0.398. The van der Waals surface area contributed by atoms with E-state index in [1.54, 1.807) is 0 Å². The van der Waals surface area contributed by atoms with Gasteiger partial charge in [-0.15, -0.1) is 23.7 Å². The molecular weight excluding hydrogens is 378 g/mol. The fourth-order valence-corrected chi connectivity index (χ4v) is 4.73. The van der Waals surface area contributed by atoms with E-state index in [2.05, 4.69) is 24.3 Å². The summed E-state index contributed by atoms with van der Waals surface area (Å²) in [6, 6.07) is 22.4. The molecule has 0 radical (unpaired) electrons. The van der Waals surface area contributed by atoms with Gasteiger partial charge in [0.2, 0.25) is 0 Å². The molecule has 1 aliphatic rings. The van der Waals surface area contributed by atoms with Gasteiger partial charge >= 0.3 is 0 Å². The van der Waals surface area contributed by atoms with Crippen molar-refractivity contribution < 1.29 is 9.84 Å². The first-order chi connectivity index (χ1) is 12.6. The van der Waals surface area contributed by atoms with Gasteiger partial charge in [0.1, 0.15) is 11.5 Å². The highest BCUT2D eigenvalue weighted by Gasteiger charge is 2.36. The smallest absolute Gasteiger partial charge is 0.127 e. The van der Waals surface area contributed by atoms with Gasteiger partial charge in [-0.3, -0.25) is 0 Å². The Labute approximate surface area is 170 Å². The molecule has 0 unspecified atom stereocenters. The molecular formula is C22H24ClNO2S. The summed E-state index contributed by atoms with van der Waals surface area (Å²) in [5.74, 6) is 2.14. The zero-order valence-electron chi connectivity index (χ0n) is 15.0. The molecule has 1 fully saturated rings. The lowest BCUT2D eigenvalue weighted by molar-refractivity contribution is 0.198. The summed E-state index contributed by atoms with van der Waals surface area (Å²) >= 11 is 1.83. The Bertz CT molecular complexity index is 866. The van der Waals surface area contributed by atoms with Gasteiger partial charge < -0.3 is 15.6 Å². The SMILES string of the molecule is Cl.N[C@]1(CO)CC[C@H](c2ccc(-c3ccc(Oc4ccccc4)cc3)s2)C1. The molecule has 142 valence electrons. The van der Waals surface area contributed by atoms with Gasteiger partial charge in [-0.1, -0.05) is 18.2 Å². The van der Waals surface area contributed by atoms with Crippen LogP contribution in [0.3, 0.4) is 0 Å². The molecule has 0 saturated heterocycles. The largest absolute Gasteiger partial charge is 0.457 e. The number of nitrogens with two attached hydrogens (primary N) is 1. The molecule has 4 rings (SSSR count). The minimum absolute atomic E-state index is 0. The summed E-state index contributed by atoms with van der Waals surface area (Å²) in [6.07, 6.45) is 2.82. The first-order valence-electron chi connectivity index (χ1n) is 8.98. The summed E-state index contributed by atoms with van der Waals surface area (Å²) in [6.45, 7) is 0.0740. The topological polar surface area (TPSA) is 55.5 Å². The van der Waals surface area contributed by atoms with Crippen LogP contribution in [0.4, 0.5) is 0 Å². The third kappa shape index (κ3) is 4.53. The highest BCUT2D eigenvalue weighted by molar-refractivity contribution is 7.15. The van der Waals surface area contributed by atoms with E-state index in [1.165, 1.54) is 15.3 Å². The van der Waals surface area contributed by atoms with E-state index < -0.39 is 5.54 Å². The summed E-state index contributed by atoms with van der Waals surface area (Å²) in [7, 11) is 0. The van der Waals surface area contributed by atoms with Crippen molar-refractivity contribution in [2.75, 3.05) is 6.61 Å². The molecule has 1 aromatic heterocycles. The Morgan fingerprint density at radius 3 is 2.37 bits per heavy atom. The Hall–Kier alpha value is -1.85. The third-order valence-electron chi connectivity index (χ3n) is 5.11. The number of hydrogen-bond acceptors (Lipinski definition) is 4. The highest BCUT2D eigenvalue weighted by atomic mass is 35.5. The number of para-hydroxylation sites is 1. The molecule has 0 bridgehead atoms. The maximum atomic E-state index is 9.47. The van der Waals surface area contributed by atoms with Crippen LogP contribution in [0.1, 0.15) is 30.1 Å². The number of hydrogen-bond donors (Lipinski definition) is 2. The quantitative estimate of drug-likeness (QED) is 0.586. The normalized spacial score (nSPS) is 21.6. The van der Waals surface area contributed by atoms with Crippen LogP contribution in [0.25, 0.3) is 10.4 Å². The van der Waals surface area contributed by atoms with Crippen LogP contribution in [0.15, 0.2) is 66.7 Å². The Morgan fingerprint density at radius 1 is 1.00 bits per heavy atom. The van der Waals surface area contributed by atoms with Crippen molar-refractivity contribution in [3.05, 3.63) is 71.6 Å². The van der Waals surface area contributed by atoms with Crippen molar-refractivity contribution in [1.82, 2.24) is 0 Å². The number of rotatable bonds is 5. The molecule has 1 saturated carbocycles. The maximum absolute atomic E-state index is 9.47. The van der Waals surface area contributed by atoms with Gasteiger partial charge in [0.05, 0.1) is 6.61 Å². The molecule has 27 heavy (non-hydrogen) atoms. The summed E-state index contributed by atoms with van der Waals surface area (Å²) in [5.41, 5.74) is 7.02. The molecule has 1 heterocycles. The van der Waals surface area contributed by atoms with Crippen LogP contribution < -0.4 is 10.5 Å². The van der Waals surface area contributed by atoms with Crippen molar-refractivity contribution in [1.29, 1.82) is 0 Å². The number of halogens is 1. The molecule has 1 aliphatic carbocycles. The fraction of sp³-hybridized carbons (Fsp3) is 0.273. The summed E-state index contributed by atoms with van der Waals surface area (Å²) < 4.78 is 5.86. The predicted molar refractivity (Wildman–Crippen MR) is 114 cm³/mol. The fourth-order valence-electron chi connectivity index (χ4n) is 3.58. The number of ether oxygens (including phenoxy) is 1. The van der Waals surface area contributed by atoms with E-state index in [4.69, 9.17) is 10.5 Å². The standard InChI is InChI=1S/C22H23NO2S.ClH/c23-22(15-24)13-12-17(14-22)21-11-10-20(26-21)16-6-8-19(9-7-16)25-18-4-2-1-3-5-18;/h1-11,17,24H,12-15,23H2;1H/t17-,22+;/m0./s1. The van der Waals surface area contributed by atoms with Gasteiger partial charge in [-0.2, -0.15) is 0 Å². The Balaban J connectivity index is 0.00000210. The maximum Gasteiger partial charge on any atom is 0.127 e. The molecule has 3 aromatic rings. The zero-order chi connectivity index (χ0) is 18.0. The van der Waals surface area contributed by atoms with Gasteiger partial charge in [-0.05, 0) is 79.3 Å². The average molecular weight is 402 g/mol. The van der Waals surface area contributed by atoms with E-state index in [0.717, 1.165) is 30.8 Å². The Kier molecular flexibility index (Phi) is 6.22. The minimum Gasteiger partial charge on any atom is -0.457 e. The van der Waals surface area contributed by atoms with Gasteiger partial charge in [0.15, 0.2) is 0 Å². The van der Waals surface area contributed by atoms with Crippen LogP contribution >= 0.6 is 23.7 Å². The average Bonchev–Trinajstić information content (AvgIpc) is 3.31. The molecule has 0 aliphatic heterocycles. The molecule has 3 N–H and O–H groups in total. The van der Waals surface area contributed by atoms with Crippen molar-refractivity contribution in [2.24, 2.45) is 5.73 Å². The van der Waals surface area contributed by atoms with Crippen LogP contribution in [0, 0.1) is 0 Å². The summed E-state index contributed by atoms with van der Waals surface area (Å²) in [4.78, 5) is 2.62. The number of aliphatic hydroxyl groups excluding tert-OH is 1. The van der Waals surface area contributed by atoms with Gasteiger partial charge in [0.25, 0.3) is 0 Å². The molecule has 0 spiro atoms. The van der Waals surface area contributed by atoms with Crippen LogP contribution in [0.5, 0.6) is 11.5 Å². The Morgan fingerprint density at radius 2 is 1.70 bits per heavy atom. The van der Waals surface area contributed by atoms with E-state index in [-0.39, 0.29) is 19.0 Å². The lowest BCUT2D eigenvalue weighted by atomic mass is 9.98. The van der Waals surface area contributed by atoms with Crippen LogP contribution in [0.2, 0.25) is 0 Å². The van der Waals surface area contributed by atoms with Crippen LogP contribution in [-0.4, -0.2) is 17.3 Å². The monoisotopic (exact) mass is 401 g/mol. The van der Waals surface area contributed by atoms with Crippen LogP contribution in [-0.2, 0) is 0 Å².